The topological polar surface area (TPSA) is 52.1 Å². The van der Waals surface area contributed by atoms with E-state index in [1.807, 2.05) is 7.05 Å². The number of piperazine rings is 1. The van der Waals surface area contributed by atoms with Crippen molar-refractivity contribution in [2.75, 3.05) is 64.9 Å². The number of methoxy groups -OCH3 is 1. The van der Waals surface area contributed by atoms with Crippen LogP contribution in [0.25, 0.3) is 0 Å². The van der Waals surface area contributed by atoms with Crippen molar-refractivity contribution >= 4 is 11.6 Å². The van der Waals surface area contributed by atoms with Crippen LogP contribution in [0.3, 0.4) is 0 Å². The number of aliphatic imine (C=N–C) groups is 1. The normalized spacial score (nSPS) is 17.0. The second-order valence-corrected chi connectivity index (χ2v) is 7.37. The highest BCUT2D eigenvalue weighted by Gasteiger charge is 2.16. The van der Waals surface area contributed by atoms with Crippen molar-refractivity contribution in [2.45, 2.75) is 32.7 Å². The number of hydrogen-bond donors (Lipinski definition) is 2. The molecule has 1 aromatic rings. The van der Waals surface area contributed by atoms with E-state index in [-0.39, 0.29) is 6.04 Å². The van der Waals surface area contributed by atoms with Crippen molar-refractivity contribution in [3.63, 3.8) is 0 Å². The van der Waals surface area contributed by atoms with Crippen molar-refractivity contribution in [3.8, 4) is 0 Å². The molecule has 1 heterocycles. The lowest BCUT2D eigenvalue weighted by atomic mass is 10.2. The Hall–Kier alpha value is -1.79. The molecule has 1 unspecified atom stereocenters. The maximum absolute atomic E-state index is 5.15. The van der Waals surface area contributed by atoms with Gasteiger partial charge in [-0.05, 0) is 50.9 Å². The van der Waals surface area contributed by atoms with Gasteiger partial charge < -0.3 is 20.3 Å². The number of nitrogens with zero attached hydrogens (tertiary/aromatic N) is 3. The number of nitrogens with one attached hydrogen (secondary N) is 2. The molecule has 1 aromatic carbocycles. The Labute approximate surface area is 165 Å². The molecule has 27 heavy (non-hydrogen) atoms. The molecule has 1 saturated heterocycles. The second kappa shape index (κ2) is 11.8. The zero-order valence-corrected chi connectivity index (χ0v) is 17.5. The standard InChI is InChI=1S/C21H37N5O/c1-18-8-7-9-20(16-18)26-14-12-25(13-15-26)11-6-5-10-23-21(22-3)24-19(2)17-27-4/h7-9,16,19H,5-6,10-15,17H2,1-4H3,(H2,22,23,24). The quantitative estimate of drug-likeness (QED) is 0.393. The Balaban J connectivity index is 1.58. The van der Waals surface area contributed by atoms with Gasteiger partial charge in [0.2, 0.25) is 0 Å². The van der Waals surface area contributed by atoms with Gasteiger partial charge in [0.05, 0.1) is 6.61 Å². The van der Waals surface area contributed by atoms with E-state index in [1.165, 1.54) is 24.2 Å². The first-order chi connectivity index (χ1) is 13.1. The highest BCUT2D eigenvalue weighted by Crippen LogP contribution is 2.17. The van der Waals surface area contributed by atoms with Gasteiger partial charge in [0.15, 0.2) is 5.96 Å². The lowest BCUT2D eigenvalue weighted by Crippen LogP contribution is -2.47. The average Bonchev–Trinajstić information content (AvgIpc) is 2.67. The first kappa shape index (κ1) is 21.5. The van der Waals surface area contributed by atoms with Crippen LogP contribution < -0.4 is 15.5 Å². The summed E-state index contributed by atoms with van der Waals surface area (Å²) < 4.78 is 5.15. The predicted octanol–water partition coefficient (Wildman–Crippen LogP) is 2.10. The van der Waals surface area contributed by atoms with Crippen LogP contribution in [0.15, 0.2) is 29.3 Å². The van der Waals surface area contributed by atoms with Crippen LogP contribution in [0, 0.1) is 6.92 Å². The van der Waals surface area contributed by atoms with E-state index in [9.17, 15) is 0 Å². The molecule has 1 aliphatic rings. The molecule has 0 bridgehead atoms. The van der Waals surface area contributed by atoms with Crippen molar-refractivity contribution in [1.82, 2.24) is 15.5 Å². The maximum Gasteiger partial charge on any atom is 0.191 e. The Kier molecular flexibility index (Phi) is 9.42. The van der Waals surface area contributed by atoms with Crippen molar-refractivity contribution in [1.29, 1.82) is 0 Å². The third-order valence-electron chi connectivity index (χ3n) is 4.96. The Morgan fingerprint density at radius 3 is 2.67 bits per heavy atom. The van der Waals surface area contributed by atoms with Crippen LogP contribution in [-0.2, 0) is 4.74 Å². The summed E-state index contributed by atoms with van der Waals surface area (Å²) >= 11 is 0. The van der Waals surface area contributed by atoms with Crippen LogP contribution in [0.2, 0.25) is 0 Å². The van der Waals surface area contributed by atoms with Crippen molar-refractivity contribution in [2.24, 2.45) is 4.99 Å². The zero-order valence-electron chi connectivity index (χ0n) is 17.5. The smallest absolute Gasteiger partial charge is 0.191 e. The number of benzene rings is 1. The minimum atomic E-state index is 0.255. The van der Waals surface area contributed by atoms with Gasteiger partial charge in [0.25, 0.3) is 0 Å². The molecule has 0 amide bonds. The zero-order chi connectivity index (χ0) is 19.5. The molecule has 1 atom stereocenters. The second-order valence-electron chi connectivity index (χ2n) is 7.37. The minimum absolute atomic E-state index is 0.255. The first-order valence-corrected chi connectivity index (χ1v) is 10.1. The van der Waals surface area contributed by atoms with Crippen LogP contribution >= 0.6 is 0 Å². The Morgan fingerprint density at radius 2 is 2.00 bits per heavy atom. The lowest BCUT2D eigenvalue weighted by molar-refractivity contribution is 0.179. The van der Waals surface area contributed by atoms with E-state index in [1.54, 1.807) is 7.11 Å². The van der Waals surface area contributed by atoms with Crippen LogP contribution in [0.4, 0.5) is 5.69 Å². The molecule has 1 fully saturated rings. The van der Waals surface area contributed by atoms with Gasteiger partial charge in [0.1, 0.15) is 0 Å². The number of unbranched alkanes of at least 4 members (excludes halogenated alkanes) is 1. The van der Waals surface area contributed by atoms with E-state index in [2.05, 4.69) is 63.5 Å². The Bertz CT molecular complexity index is 569. The van der Waals surface area contributed by atoms with Gasteiger partial charge in [-0.2, -0.15) is 0 Å². The van der Waals surface area contributed by atoms with Gasteiger partial charge in [-0.25, -0.2) is 0 Å². The molecule has 1 aliphatic heterocycles. The van der Waals surface area contributed by atoms with E-state index in [0.29, 0.717) is 6.61 Å². The first-order valence-electron chi connectivity index (χ1n) is 10.1. The highest BCUT2D eigenvalue weighted by molar-refractivity contribution is 5.79. The largest absolute Gasteiger partial charge is 0.383 e. The molecular weight excluding hydrogens is 338 g/mol. The molecule has 2 N–H and O–H groups in total. The molecular formula is C21H37N5O. The minimum Gasteiger partial charge on any atom is -0.383 e. The fourth-order valence-electron chi connectivity index (χ4n) is 3.44. The molecule has 6 heteroatoms. The maximum atomic E-state index is 5.15. The summed E-state index contributed by atoms with van der Waals surface area (Å²) in [4.78, 5) is 9.35. The van der Waals surface area contributed by atoms with Gasteiger partial charge in [-0.3, -0.25) is 9.89 Å². The fraction of sp³-hybridized carbons (Fsp3) is 0.667. The van der Waals surface area contributed by atoms with Crippen LogP contribution in [-0.4, -0.2) is 76.9 Å². The van der Waals surface area contributed by atoms with Gasteiger partial charge >= 0.3 is 0 Å². The molecule has 2 rings (SSSR count). The summed E-state index contributed by atoms with van der Waals surface area (Å²) in [5.41, 5.74) is 2.70. The number of aryl methyl sites for hydroxylation is 1. The molecule has 0 aromatic heterocycles. The Morgan fingerprint density at radius 1 is 1.22 bits per heavy atom. The number of ether oxygens (including phenoxy) is 1. The van der Waals surface area contributed by atoms with Gasteiger partial charge in [0, 0.05) is 58.6 Å². The molecule has 152 valence electrons. The fourth-order valence-corrected chi connectivity index (χ4v) is 3.44. The number of anilines is 1. The average molecular weight is 376 g/mol. The van der Waals surface area contributed by atoms with E-state index in [0.717, 1.165) is 45.1 Å². The van der Waals surface area contributed by atoms with Gasteiger partial charge in [-0.15, -0.1) is 0 Å². The number of rotatable bonds is 9. The van der Waals surface area contributed by atoms with E-state index >= 15 is 0 Å². The number of hydrogen-bond acceptors (Lipinski definition) is 4. The number of guanidine groups is 1. The lowest BCUT2D eigenvalue weighted by Gasteiger charge is -2.36. The molecule has 0 radical (unpaired) electrons. The predicted molar refractivity (Wildman–Crippen MR) is 115 cm³/mol. The monoisotopic (exact) mass is 375 g/mol. The molecule has 0 saturated carbocycles. The van der Waals surface area contributed by atoms with Gasteiger partial charge in [-0.1, -0.05) is 12.1 Å². The summed E-state index contributed by atoms with van der Waals surface area (Å²) in [6.07, 6.45) is 2.36. The van der Waals surface area contributed by atoms with Crippen LogP contribution in [0.5, 0.6) is 0 Å². The summed E-state index contributed by atoms with van der Waals surface area (Å²) in [6, 6.07) is 9.09. The summed E-state index contributed by atoms with van der Waals surface area (Å²) in [6.45, 7) is 11.6. The van der Waals surface area contributed by atoms with Crippen LogP contribution in [0.1, 0.15) is 25.3 Å². The highest BCUT2D eigenvalue weighted by atomic mass is 16.5. The summed E-state index contributed by atoms with van der Waals surface area (Å²) in [5.74, 6) is 0.853. The SMILES string of the molecule is CN=C(NCCCCN1CCN(c2cccc(C)c2)CC1)NC(C)COC. The van der Waals surface area contributed by atoms with Crippen molar-refractivity contribution < 1.29 is 4.74 Å². The van der Waals surface area contributed by atoms with E-state index < -0.39 is 0 Å². The molecule has 6 nitrogen and oxygen atoms in total. The third-order valence-corrected chi connectivity index (χ3v) is 4.96. The van der Waals surface area contributed by atoms with E-state index in [4.69, 9.17) is 4.74 Å². The third kappa shape index (κ3) is 7.77. The molecule has 0 spiro atoms. The molecule has 0 aliphatic carbocycles. The summed E-state index contributed by atoms with van der Waals surface area (Å²) in [7, 11) is 3.53. The van der Waals surface area contributed by atoms with Crippen molar-refractivity contribution in [3.05, 3.63) is 29.8 Å². The summed E-state index contributed by atoms with van der Waals surface area (Å²) in [5, 5.41) is 6.72.